The summed E-state index contributed by atoms with van der Waals surface area (Å²) in [6.07, 6.45) is -0.338. The van der Waals surface area contributed by atoms with Crippen LogP contribution >= 0.6 is 0 Å². The van der Waals surface area contributed by atoms with Gasteiger partial charge in [0, 0.05) is 12.8 Å². The molecule has 1 spiro atoms. The van der Waals surface area contributed by atoms with Crippen molar-refractivity contribution in [3.8, 4) is 0 Å². The van der Waals surface area contributed by atoms with E-state index in [1.54, 1.807) is 0 Å². The fourth-order valence-electron chi connectivity index (χ4n) is 3.04. The molecule has 1 N–H and O–H groups in total. The average Bonchev–Trinajstić information content (AvgIpc) is 2.93. The highest BCUT2D eigenvalue weighted by molar-refractivity contribution is 5.82. The Hall–Kier alpha value is -2.12. The third kappa shape index (κ3) is 3.16. The Morgan fingerprint density at radius 1 is 1.26 bits per heavy atom. The van der Waals surface area contributed by atoms with E-state index in [4.69, 9.17) is 14.2 Å². The molecule has 0 saturated carbocycles. The number of rotatable bonds is 3. The van der Waals surface area contributed by atoms with Gasteiger partial charge in [-0.2, -0.15) is 0 Å². The number of hydrogen-bond donors (Lipinski definition) is 1. The van der Waals surface area contributed by atoms with Crippen LogP contribution in [0.4, 0.5) is 4.79 Å². The smallest absolute Gasteiger partial charge is 0.410 e. The molecule has 2 aliphatic heterocycles. The summed E-state index contributed by atoms with van der Waals surface area (Å²) in [5.41, 5.74) is -0.122. The highest BCUT2D eigenvalue weighted by Crippen LogP contribution is 2.37. The third-order valence-electron chi connectivity index (χ3n) is 4.24. The van der Waals surface area contributed by atoms with Crippen LogP contribution in [0.25, 0.3) is 0 Å². The highest BCUT2D eigenvalue weighted by Gasteiger charge is 2.54. The first-order valence-electron chi connectivity index (χ1n) is 7.57. The number of ether oxygens (including phenoxy) is 3. The van der Waals surface area contributed by atoms with E-state index in [9.17, 15) is 14.7 Å². The molecule has 2 fully saturated rings. The van der Waals surface area contributed by atoms with Gasteiger partial charge in [-0.1, -0.05) is 30.3 Å². The van der Waals surface area contributed by atoms with Gasteiger partial charge in [-0.15, -0.1) is 0 Å². The van der Waals surface area contributed by atoms with Crippen LogP contribution in [0, 0.1) is 0 Å². The molecule has 3 rings (SSSR count). The van der Waals surface area contributed by atoms with Gasteiger partial charge in [-0.25, -0.2) is 9.59 Å². The standard InChI is InChI=1S/C16H19NO6/c18-14(22-10-12-4-2-1-3-5-12)13-11-23-16(17(13)15(19)20)6-8-21-9-7-16/h1-5,13H,6-11H2,(H,19,20). The second-order valence-electron chi connectivity index (χ2n) is 5.63. The Morgan fingerprint density at radius 2 is 1.96 bits per heavy atom. The number of amides is 1. The molecule has 1 unspecified atom stereocenters. The zero-order valence-electron chi connectivity index (χ0n) is 12.6. The van der Waals surface area contributed by atoms with E-state index in [1.165, 1.54) is 0 Å². The molecule has 0 aromatic heterocycles. The zero-order valence-corrected chi connectivity index (χ0v) is 12.6. The minimum absolute atomic E-state index is 0.0138. The Bertz CT molecular complexity index is 569. The zero-order chi connectivity index (χ0) is 16.3. The van der Waals surface area contributed by atoms with E-state index >= 15 is 0 Å². The number of nitrogens with zero attached hydrogens (tertiary/aromatic N) is 1. The molecule has 124 valence electrons. The summed E-state index contributed by atoms with van der Waals surface area (Å²) in [6, 6.07) is 8.32. The van der Waals surface area contributed by atoms with E-state index in [-0.39, 0.29) is 13.2 Å². The lowest BCUT2D eigenvalue weighted by atomic mass is 10.0. The summed E-state index contributed by atoms with van der Waals surface area (Å²) in [5, 5.41) is 9.53. The van der Waals surface area contributed by atoms with Gasteiger partial charge in [0.25, 0.3) is 0 Å². The van der Waals surface area contributed by atoms with Crippen LogP contribution in [-0.2, 0) is 25.6 Å². The maximum atomic E-state index is 12.3. The molecule has 7 heteroatoms. The number of benzene rings is 1. The van der Waals surface area contributed by atoms with Crippen LogP contribution in [0.3, 0.4) is 0 Å². The molecule has 1 aromatic rings. The van der Waals surface area contributed by atoms with Crippen molar-refractivity contribution < 1.29 is 28.9 Å². The first-order valence-corrected chi connectivity index (χ1v) is 7.57. The Kier molecular flexibility index (Phi) is 4.49. The Balaban J connectivity index is 1.68. The number of esters is 1. The molecule has 0 bridgehead atoms. The molecule has 7 nitrogen and oxygen atoms in total. The SMILES string of the molecule is O=C(OCc1ccccc1)C1COC2(CCOCC2)N1C(=O)O. The summed E-state index contributed by atoms with van der Waals surface area (Å²) < 4.78 is 16.2. The number of carbonyl (C=O) groups excluding carboxylic acids is 1. The average molecular weight is 321 g/mol. The molecule has 1 aromatic carbocycles. The molecular weight excluding hydrogens is 302 g/mol. The second kappa shape index (κ2) is 6.55. The van der Waals surface area contributed by atoms with Crippen molar-refractivity contribution >= 4 is 12.1 Å². The number of carboxylic acid groups (broad SMARTS) is 1. The van der Waals surface area contributed by atoms with Crippen molar-refractivity contribution in [1.82, 2.24) is 4.90 Å². The van der Waals surface area contributed by atoms with Gasteiger partial charge in [-0.05, 0) is 5.56 Å². The van der Waals surface area contributed by atoms with E-state index in [0.29, 0.717) is 26.1 Å². The van der Waals surface area contributed by atoms with Crippen LogP contribution in [0.1, 0.15) is 18.4 Å². The van der Waals surface area contributed by atoms with E-state index < -0.39 is 23.8 Å². The number of hydrogen-bond acceptors (Lipinski definition) is 5. The highest BCUT2D eigenvalue weighted by atomic mass is 16.6. The molecule has 23 heavy (non-hydrogen) atoms. The lowest BCUT2D eigenvalue weighted by molar-refractivity contribution is -0.155. The first kappa shape index (κ1) is 15.8. The predicted octanol–water partition coefficient (Wildman–Crippen LogP) is 1.62. The monoisotopic (exact) mass is 321 g/mol. The van der Waals surface area contributed by atoms with Gasteiger partial charge in [0.05, 0.1) is 19.8 Å². The minimum atomic E-state index is -1.17. The van der Waals surface area contributed by atoms with Gasteiger partial charge in [-0.3, -0.25) is 4.90 Å². The van der Waals surface area contributed by atoms with Crippen molar-refractivity contribution in [3.05, 3.63) is 35.9 Å². The summed E-state index contributed by atoms with van der Waals surface area (Å²) >= 11 is 0. The van der Waals surface area contributed by atoms with Gasteiger partial charge < -0.3 is 19.3 Å². The maximum Gasteiger partial charge on any atom is 0.410 e. The lowest BCUT2D eigenvalue weighted by Gasteiger charge is -2.39. The fourth-order valence-corrected chi connectivity index (χ4v) is 3.04. The number of carbonyl (C=O) groups is 2. The van der Waals surface area contributed by atoms with Crippen molar-refractivity contribution in [3.63, 3.8) is 0 Å². The van der Waals surface area contributed by atoms with E-state index in [1.807, 2.05) is 30.3 Å². The topological polar surface area (TPSA) is 85.3 Å². The first-order chi connectivity index (χ1) is 11.1. The third-order valence-corrected chi connectivity index (χ3v) is 4.24. The normalized spacial score (nSPS) is 23.0. The molecule has 0 aliphatic carbocycles. The largest absolute Gasteiger partial charge is 0.465 e. The second-order valence-corrected chi connectivity index (χ2v) is 5.63. The minimum Gasteiger partial charge on any atom is -0.465 e. The molecular formula is C16H19NO6. The Labute approximate surface area is 133 Å². The van der Waals surface area contributed by atoms with Crippen molar-refractivity contribution in [2.24, 2.45) is 0 Å². The van der Waals surface area contributed by atoms with E-state index in [2.05, 4.69) is 0 Å². The molecule has 2 heterocycles. The van der Waals surface area contributed by atoms with Gasteiger partial charge in [0.2, 0.25) is 0 Å². The van der Waals surface area contributed by atoms with Gasteiger partial charge in [0.15, 0.2) is 11.8 Å². The summed E-state index contributed by atoms with van der Waals surface area (Å²) in [6.45, 7) is 0.949. The van der Waals surface area contributed by atoms with Crippen molar-refractivity contribution in [2.75, 3.05) is 19.8 Å². The van der Waals surface area contributed by atoms with Gasteiger partial charge in [0.1, 0.15) is 6.61 Å². The molecule has 1 atom stereocenters. The molecule has 2 aliphatic rings. The van der Waals surface area contributed by atoms with E-state index in [0.717, 1.165) is 10.5 Å². The summed E-state index contributed by atoms with van der Waals surface area (Å²) in [5.74, 6) is -0.584. The van der Waals surface area contributed by atoms with Gasteiger partial charge >= 0.3 is 12.1 Å². The lowest BCUT2D eigenvalue weighted by Crippen LogP contribution is -2.55. The van der Waals surface area contributed by atoms with Crippen LogP contribution < -0.4 is 0 Å². The van der Waals surface area contributed by atoms with Crippen LogP contribution in [0.15, 0.2) is 30.3 Å². The Morgan fingerprint density at radius 3 is 2.61 bits per heavy atom. The van der Waals surface area contributed by atoms with Crippen molar-refractivity contribution in [1.29, 1.82) is 0 Å². The quantitative estimate of drug-likeness (QED) is 0.852. The van der Waals surface area contributed by atoms with Crippen molar-refractivity contribution in [2.45, 2.75) is 31.2 Å². The predicted molar refractivity (Wildman–Crippen MR) is 78.6 cm³/mol. The summed E-state index contributed by atoms with van der Waals surface area (Å²) in [4.78, 5) is 25.1. The fraction of sp³-hybridized carbons (Fsp3) is 0.500. The van der Waals surface area contributed by atoms with Crippen LogP contribution in [-0.4, -0.2) is 53.7 Å². The van der Waals surface area contributed by atoms with Crippen LogP contribution in [0.2, 0.25) is 0 Å². The maximum absolute atomic E-state index is 12.3. The molecule has 0 radical (unpaired) electrons. The molecule has 2 saturated heterocycles. The van der Waals surface area contributed by atoms with Crippen LogP contribution in [0.5, 0.6) is 0 Å². The molecule has 1 amide bonds. The summed E-state index contributed by atoms with van der Waals surface area (Å²) in [7, 11) is 0.